The summed E-state index contributed by atoms with van der Waals surface area (Å²) in [5, 5.41) is 7.04. The molecule has 0 amide bonds. The van der Waals surface area contributed by atoms with E-state index >= 15 is 0 Å². The van der Waals surface area contributed by atoms with Gasteiger partial charge in [-0.1, -0.05) is 12.1 Å². The van der Waals surface area contributed by atoms with Gasteiger partial charge in [0.2, 0.25) is 0 Å². The summed E-state index contributed by atoms with van der Waals surface area (Å²) in [7, 11) is 0. The number of morpholine rings is 1. The van der Waals surface area contributed by atoms with Crippen LogP contribution in [0.5, 0.6) is 0 Å². The first kappa shape index (κ1) is 21.1. The highest BCUT2D eigenvalue weighted by Gasteiger charge is 2.33. The molecule has 4 rings (SSSR count). The van der Waals surface area contributed by atoms with Crippen molar-refractivity contribution in [1.82, 2.24) is 25.1 Å². The van der Waals surface area contributed by atoms with Crippen molar-refractivity contribution in [2.24, 2.45) is 0 Å². The molecule has 3 aromatic rings. The van der Waals surface area contributed by atoms with Gasteiger partial charge >= 0.3 is 6.18 Å². The monoisotopic (exact) mass is 435 g/mol. The number of rotatable bonds is 5. The van der Waals surface area contributed by atoms with Gasteiger partial charge in [-0.2, -0.15) is 18.3 Å². The third-order valence-corrected chi connectivity index (χ3v) is 4.79. The molecule has 0 unspecified atom stereocenters. The average Bonchev–Trinajstić information content (AvgIpc) is 3.25. The highest BCUT2D eigenvalue weighted by molar-refractivity contribution is 5.97. The second-order valence-corrected chi connectivity index (χ2v) is 6.95. The number of Topliss-reactive ketones (excluding diaryl/α,β-unsaturated/α-hetero) is 1. The number of alkyl halides is 3. The molecule has 1 aliphatic rings. The van der Waals surface area contributed by atoms with Crippen molar-refractivity contribution in [1.29, 1.82) is 0 Å². The lowest BCUT2D eigenvalue weighted by atomic mass is 10.0. The van der Waals surface area contributed by atoms with Gasteiger partial charge < -0.3 is 10.1 Å². The van der Waals surface area contributed by atoms with E-state index in [1.807, 2.05) is 0 Å². The third kappa shape index (κ3) is 4.78. The Bertz CT molecular complexity index is 1090. The van der Waals surface area contributed by atoms with E-state index in [-0.39, 0.29) is 29.7 Å². The number of ketones is 1. The van der Waals surface area contributed by atoms with E-state index in [2.05, 4.69) is 20.4 Å². The molecule has 1 saturated heterocycles. The number of halogens is 4. The number of carbonyl (C=O) groups is 1. The van der Waals surface area contributed by atoms with Gasteiger partial charge in [-0.15, -0.1) is 0 Å². The molecule has 3 heterocycles. The zero-order chi connectivity index (χ0) is 22.0. The van der Waals surface area contributed by atoms with E-state index in [1.165, 1.54) is 18.5 Å². The highest BCUT2D eigenvalue weighted by atomic mass is 19.4. The van der Waals surface area contributed by atoms with Crippen LogP contribution >= 0.6 is 0 Å². The van der Waals surface area contributed by atoms with Gasteiger partial charge in [-0.3, -0.25) is 4.79 Å². The smallest absolute Gasteiger partial charge is 0.371 e. The fraction of sp³-hybridized carbons (Fsp3) is 0.300. The Morgan fingerprint density at radius 3 is 2.81 bits per heavy atom. The minimum Gasteiger partial charge on any atom is -0.371 e. The van der Waals surface area contributed by atoms with Gasteiger partial charge in [0.1, 0.15) is 17.8 Å². The first-order valence-corrected chi connectivity index (χ1v) is 9.39. The van der Waals surface area contributed by atoms with Gasteiger partial charge in [0, 0.05) is 37.3 Å². The van der Waals surface area contributed by atoms with E-state index < -0.39 is 17.7 Å². The zero-order valence-corrected chi connectivity index (χ0v) is 16.1. The Hall–Kier alpha value is -3.18. The van der Waals surface area contributed by atoms with Crippen molar-refractivity contribution in [2.45, 2.75) is 18.7 Å². The van der Waals surface area contributed by atoms with Crippen LogP contribution in [0.2, 0.25) is 0 Å². The van der Waals surface area contributed by atoms with Crippen molar-refractivity contribution < 1.29 is 27.1 Å². The maximum atomic E-state index is 14.5. The summed E-state index contributed by atoms with van der Waals surface area (Å²) in [5.41, 5.74) is -0.0744. The lowest BCUT2D eigenvalue weighted by Crippen LogP contribution is -2.33. The Morgan fingerprint density at radius 1 is 1.26 bits per heavy atom. The fourth-order valence-electron chi connectivity index (χ4n) is 3.21. The van der Waals surface area contributed by atoms with Crippen molar-refractivity contribution in [2.75, 3.05) is 19.7 Å². The molecule has 31 heavy (non-hydrogen) atoms. The number of carbonyl (C=O) groups excluding carboxylic acids is 1. The lowest BCUT2D eigenvalue weighted by Gasteiger charge is -2.24. The second-order valence-electron chi connectivity index (χ2n) is 6.95. The molecule has 1 aromatic carbocycles. The molecular formula is C20H17F4N5O2. The number of hydrogen-bond acceptors (Lipinski definition) is 6. The first-order chi connectivity index (χ1) is 14.8. The molecule has 1 fully saturated rings. The molecule has 7 nitrogen and oxygen atoms in total. The summed E-state index contributed by atoms with van der Waals surface area (Å²) >= 11 is 0. The molecular weight excluding hydrogens is 418 g/mol. The van der Waals surface area contributed by atoms with E-state index in [0.29, 0.717) is 30.8 Å². The third-order valence-electron chi connectivity index (χ3n) is 4.79. The molecule has 1 N–H and O–H groups in total. The van der Waals surface area contributed by atoms with Crippen LogP contribution in [0.3, 0.4) is 0 Å². The van der Waals surface area contributed by atoms with E-state index in [4.69, 9.17) is 4.74 Å². The number of ether oxygens (including phenoxy) is 1. The SMILES string of the molecule is O=C(Cc1ccc([C@H]2CNCCO2)c(F)c1)c1cnn(-c2cc(C(F)(F)F)ncn2)c1. The lowest BCUT2D eigenvalue weighted by molar-refractivity contribution is -0.141. The summed E-state index contributed by atoms with van der Waals surface area (Å²) < 4.78 is 59.6. The minimum atomic E-state index is -4.63. The fourth-order valence-corrected chi connectivity index (χ4v) is 3.21. The van der Waals surface area contributed by atoms with Crippen molar-refractivity contribution >= 4 is 5.78 Å². The number of benzene rings is 1. The largest absolute Gasteiger partial charge is 0.433 e. The van der Waals surface area contributed by atoms with Crippen LogP contribution in [0.15, 0.2) is 43.0 Å². The predicted octanol–water partition coefficient (Wildman–Crippen LogP) is 2.91. The summed E-state index contributed by atoms with van der Waals surface area (Å²) in [5.74, 6) is -0.952. The average molecular weight is 435 g/mol. The van der Waals surface area contributed by atoms with Crippen molar-refractivity contribution in [3.63, 3.8) is 0 Å². The maximum absolute atomic E-state index is 14.5. The van der Waals surface area contributed by atoms with Crippen LogP contribution in [-0.4, -0.2) is 45.2 Å². The van der Waals surface area contributed by atoms with Crippen LogP contribution < -0.4 is 5.32 Å². The second kappa shape index (κ2) is 8.52. The van der Waals surface area contributed by atoms with Crippen LogP contribution in [0.1, 0.15) is 33.3 Å². The van der Waals surface area contributed by atoms with E-state index in [9.17, 15) is 22.4 Å². The molecule has 162 valence electrons. The van der Waals surface area contributed by atoms with Crippen LogP contribution in [0, 0.1) is 5.82 Å². The Balaban J connectivity index is 1.48. The Morgan fingerprint density at radius 2 is 2.10 bits per heavy atom. The molecule has 0 spiro atoms. The van der Waals surface area contributed by atoms with Crippen molar-refractivity contribution in [3.8, 4) is 5.82 Å². The van der Waals surface area contributed by atoms with Gasteiger partial charge in [0.25, 0.3) is 0 Å². The molecule has 2 aromatic heterocycles. The Labute approximate surface area is 174 Å². The van der Waals surface area contributed by atoms with Crippen LogP contribution in [-0.2, 0) is 17.3 Å². The number of hydrogen-bond donors (Lipinski definition) is 1. The summed E-state index contributed by atoms with van der Waals surface area (Å²) in [6.45, 7) is 1.71. The molecule has 0 saturated carbocycles. The van der Waals surface area contributed by atoms with Gasteiger partial charge in [0.15, 0.2) is 11.6 Å². The van der Waals surface area contributed by atoms with E-state index in [1.54, 1.807) is 12.1 Å². The summed E-state index contributed by atoms with van der Waals surface area (Å²) in [4.78, 5) is 19.5. The topological polar surface area (TPSA) is 81.9 Å². The minimum absolute atomic E-state index is 0.0930. The first-order valence-electron chi connectivity index (χ1n) is 9.39. The number of nitrogens with zero attached hydrogens (tertiary/aromatic N) is 4. The Kier molecular flexibility index (Phi) is 5.79. The van der Waals surface area contributed by atoms with Crippen molar-refractivity contribution in [3.05, 3.63) is 71.2 Å². The summed E-state index contributed by atoms with van der Waals surface area (Å²) in [6.07, 6.45) is -1.83. The van der Waals surface area contributed by atoms with Crippen LogP contribution in [0.4, 0.5) is 17.6 Å². The van der Waals surface area contributed by atoms with Gasteiger partial charge in [-0.25, -0.2) is 19.0 Å². The van der Waals surface area contributed by atoms with E-state index in [0.717, 1.165) is 17.1 Å². The molecule has 0 aliphatic carbocycles. The highest BCUT2D eigenvalue weighted by Crippen LogP contribution is 2.28. The molecule has 0 bridgehead atoms. The maximum Gasteiger partial charge on any atom is 0.433 e. The zero-order valence-electron chi connectivity index (χ0n) is 16.1. The van der Waals surface area contributed by atoms with Gasteiger partial charge in [0.05, 0.1) is 24.5 Å². The normalized spacial score (nSPS) is 17.0. The van der Waals surface area contributed by atoms with Gasteiger partial charge in [-0.05, 0) is 11.6 Å². The number of aromatic nitrogens is 4. The van der Waals surface area contributed by atoms with Crippen LogP contribution in [0.25, 0.3) is 5.82 Å². The molecule has 0 radical (unpaired) electrons. The quantitative estimate of drug-likeness (QED) is 0.490. The number of nitrogens with one attached hydrogen (secondary N) is 1. The molecule has 11 heteroatoms. The molecule has 1 aliphatic heterocycles. The molecule has 1 atom stereocenters. The standard InChI is InChI=1S/C20H17F4N5O2/c21-15-5-12(1-2-14(15)17-9-25-3-4-31-17)6-16(30)13-8-28-29(10-13)19-7-18(20(22,23)24)26-11-27-19/h1-2,5,7-8,10-11,17,25H,3-4,6,9H2/t17-/m1/s1. The summed E-state index contributed by atoms with van der Waals surface area (Å²) in [6, 6.07) is 5.27. The predicted molar refractivity (Wildman–Crippen MR) is 100 cm³/mol.